The molecule has 94 valence electrons. The van der Waals surface area contributed by atoms with Crippen molar-refractivity contribution in [2.24, 2.45) is 5.84 Å². The second-order valence-electron chi connectivity index (χ2n) is 3.44. The summed E-state index contributed by atoms with van der Waals surface area (Å²) in [4.78, 5) is 8.00. The van der Waals surface area contributed by atoms with Gasteiger partial charge in [0.05, 0.1) is 5.02 Å². The highest BCUT2D eigenvalue weighted by molar-refractivity contribution is 6.30. The zero-order chi connectivity index (χ0) is 13.1. The first-order valence-corrected chi connectivity index (χ1v) is 5.42. The molecule has 0 bridgehead atoms. The number of nitrogen functional groups attached to an aromatic ring is 1. The Balaban J connectivity index is 2.34. The summed E-state index contributed by atoms with van der Waals surface area (Å²) in [6.07, 6.45) is 0. The zero-order valence-electron chi connectivity index (χ0n) is 9.45. The Bertz CT molecular complexity index is 579. The fourth-order valence-electron chi connectivity index (χ4n) is 1.34. The zero-order valence-corrected chi connectivity index (χ0v) is 10.2. The molecule has 3 N–H and O–H groups in total. The summed E-state index contributed by atoms with van der Waals surface area (Å²) in [6, 6.07) is 5.92. The Morgan fingerprint density at radius 2 is 2.17 bits per heavy atom. The Morgan fingerprint density at radius 3 is 2.89 bits per heavy atom. The molecule has 0 atom stereocenters. The van der Waals surface area contributed by atoms with Crippen molar-refractivity contribution in [3.05, 3.63) is 40.9 Å². The molecular formula is C11H10ClFN4O. The van der Waals surface area contributed by atoms with Gasteiger partial charge in [0.25, 0.3) is 0 Å². The highest BCUT2D eigenvalue weighted by atomic mass is 35.5. The highest BCUT2D eigenvalue weighted by Crippen LogP contribution is 2.28. The predicted molar refractivity (Wildman–Crippen MR) is 66.1 cm³/mol. The Kier molecular flexibility index (Phi) is 3.59. The molecular weight excluding hydrogens is 259 g/mol. The van der Waals surface area contributed by atoms with Crippen LogP contribution >= 0.6 is 11.6 Å². The second kappa shape index (κ2) is 5.16. The third kappa shape index (κ3) is 2.66. The van der Waals surface area contributed by atoms with Crippen molar-refractivity contribution < 1.29 is 9.13 Å². The maximum atomic E-state index is 13.6. The number of anilines is 1. The van der Waals surface area contributed by atoms with Crippen LogP contribution in [0.15, 0.2) is 24.3 Å². The number of benzene rings is 1. The minimum Gasteiger partial charge on any atom is -0.436 e. The van der Waals surface area contributed by atoms with Crippen LogP contribution in [-0.2, 0) is 0 Å². The van der Waals surface area contributed by atoms with Crippen LogP contribution in [0.3, 0.4) is 0 Å². The minimum absolute atomic E-state index is 0.0106. The van der Waals surface area contributed by atoms with Crippen LogP contribution in [0.2, 0.25) is 5.02 Å². The molecule has 0 saturated carbocycles. The fraction of sp³-hybridized carbons (Fsp3) is 0.0909. The standard InChI is InChI=1S/C11H10ClFN4O/c1-6-15-9(17-14)5-10(16-6)18-8-4-2-3-7(12)11(8)13/h2-5H,14H2,1H3,(H,15,16,17). The molecule has 1 heterocycles. The van der Waals surface area contributed by atoms with Crippen LogP contribution in [0.5, 0.6) is 11.6 Å². The van der Waals surface area contributed by atoms with Crippen LogP contribution < -0.4 is 16.0 Å². The monoisotopic (exact) mass is 268 g/mol. The van der Waals surface area contributed by atoms with E-state index >= 15 is 0 Å². The fourth-order valence-corrected chi connectivity index (χ4v) is 1.51. The largest absolute Gasteiger partial charge is 0.436 e. The van der Waals surface area contributed by atoms with Crippen molar-refractivity contribution >= 4 is 17.4 Å². The number of nitrogens with zero attached hydrogens (tertiary/aromatic N) is 2. The number of nitrogens with one attached hydrogen (secondary N) is 1. The molecule has 5 nitrogen and oxygen atoms in total. The van der Waals surface area contributed by atoms with Gasteiger partial charge in [0.2, 0.25) is 5.88 Å². The lowest BCUT2D eigenvalue weighted by Crippen LogP contribution is -2.10. The first kappa shape index (κ1) is 12.5. The summed E-state index contributed by atoms with van der Waals surface area (Å²) in [5, 5.41) is -0.0181. The average Bonchev–Trinajstić information content (AvgIpc) is 2.34. The molecule has 7 heteroatoms. The van der Waals surface area contributed by atoms with Gasteiger partial charge in [-0.15, -0.1) is 0 Å². The number of aromatic nitrogens is 2. The van der Waals surface area contributed by atoms with Crippen LogP contribution in [0.25, 0.3) is 0 Å². The van der Waals surface area contributed by atoms with Crippen molar-refractivity contribution in [1.82, 2.24) is 9.97 Å². The maximum absolute atomic E-state index is 13.6. The summed E-state index contributed by atoms with van der Waals surface area (Å²) in [5.41, 5.74) is 2.37. The lowest BCUT2D eigenvalue weighted by Gasteiger charge is -2.08. The van der Waals surface area contributed by atoms with Gasteiger partial charge >= 0.3 is 0 Å². The number of aryl methyl sites for hydroxylation is 1. The number of nitrogens with two attached hydrogens (primary N) is 1. The molecule has 2 rings (SSSR count). The van der Waals surface area contributed by atoms with Crippen molar-refractivity contribution in [2.75, 3.05) is 5.43 Å². The van der Waals surface area contributed by atoms with Gasteiger partial charge in [0.15, 0.2) is 11.6 Å². The van der Waals surface area contributed by atoms with Crippen molar-refractivity contribution in [3.8, 4) is 11.6 Å². The van der Waals surface area contributed by atoms with E-state index in [1.54, 1.807) is 13.0 Å². The van der Waals surface area contributed by atoms with E-state index in [4.69, 9.17) is 22.2 Å². The molecule has 0 fully saturated rings. The van der Waals surface area contributed by atoms with Gasteiger partial charge in [0.1, 0.15) is 11.6 Å². The lowest BCUT2D eigenvalue weighted by molar-refractivity contribution is 0.426. The normalized spacial score (nSPS) is 10.2. The summed E-state index contributed by atoms with van der Waals surface area (Å²) < 4.78 is 18.9. The average molecular weight is 269 g/mol. The first-order chi connectivity index (χ1) is 8.60. The number of rotatable bonds is 3. The third-order valence-electron chi connectivity index (χ3n) is 2.09. The summed E-state index contributed by atoms with van der Waals surface area (Å²) >= 11 is 5.65. The van der Waals surface area contributed by atoms with E-state index in [1.807, 2.05) is 0 Å². The smallest absolute Gasteiger partial charge is 0.224 e. The summed E-state index contributed by atoms with van der Waals surface area (Å²) in [6.45, 7) is 1.67. The van der Waals surface area contributed by atoms with E-state index in [1.165, 1.54) is 18.2 Å². The van der Waals surface area contributed by atoms with E-state index in [0.29, 0.717) is 11.6 Å². The molecule has 0 unspecified atom stereocenters. The Labute approximate surface area is 108 Å². The number of hydrazine groups is 1. The van der Waals surface area contributed by atoms with Crippen LogP contribution in [0.4, 0.5) is 10.2 Å². The van der Waals surface area contributed by atoms with Crippen molar-refractivity contribution in [3.63, 3.8) is 0 Å². The number of hydrogen-bond acceptors (Lipinski definition) is 5. The highest BCUT2D eigenvalue weighted by Gasteiger charge is 2.10. The minimum atomic E-state index is -0.641. The van der Waals surface area contributed by atoms with E-state index in [9.17, 15) is 4.39 Å². The molecule has 0 spiro atoms. The second-order valence-corrected chi connectivity index (χ2v) is 3.84. The van der Waals surface area contributed by atoms with Crippen molar-refractivity contribution in [1.29, 1.82) is 0 Å². The quantitative estimate of drug-likeness (QED) is 0.661. The molecule has 0 aliphatic rings. The molecule has 0 aliphatic carbocycles. The van der Waals surface area contributed by atoms with Crippen LogP contribution in [-0.4, -0.2) is 9.97 Å². The van der Waals surface area contributed by atoms with Gasteiger partial charge < -0.3 is 10.2 Å². The van der Waals surface area contributed by atoms with E-state index in [0.717, 1.165) is 0 Å². The van der Waals surface area contributed by atoms with Gasteiger partial charge in [-0.3, -0.25) is 0 Å². The molecule has 1 aromatic heterocycles. The number of ether oxygens (including phenoxy) is 1. The SMILES string of the molecule is Cc1nc(NN)cc(Oc2cccc(Cl)c2F)n1. The first-order valence-electron chi connectivity index (χ1n) is 5.04. The molecule has 0 amide bonds. The van der Waals surface area contributed by atoms with E-state index < -0.39 is 5.82 Å². The Hall–Kier alpha value is -1.92. The summed E-state index contributed by atoms with van der Waals surface area (Å²) in [7, 11) is 0. The molecule has 2 aromatic rings. The van der Waals surface area contributed by atoms with Gasteiger partial charge in [-0.2, -0.15) is 4.98 Å². The molecule has 1 aromatic carbocycles. The number of hydrogen-bond donors (Lipinski definition) is 2. The Morgan fingerprint density at radius 1 is 1.39 bits per heavy atom. The molecule has 0 radical (unpaired) electrons. The molecule has 0 aliphatic heterocycles. The number of halogens is 2. The van der Waals surface area contributed by atoms with Crippen LogP contribution in [0, 0.1) is 12.7 Å². The van der Waals surface area contributed by atoms with Gasteiger partial charge in [-0.25, -0.2) is 15.2 Å². The van der Waals surface area contributed by atoms with Gasteiger partial charge in [-0.05, 0) is 19.1 Å². The maximum Gasteiger partial charge on any atom is 0.224 e. The van der Waals surface area contributed by atoms with Gasteiger partial charge in [0, 0.05) is 6.07 Å². The third-order valence-corrected chi connectivity index (χ3v) is 2.38. The molecule has 0 saturated heterocycles. The topological polar surface area (TPSA) is 73.1 Å². The molecule has 18 heavy (non-hydrogen) atoms. The summed E-state index contributed by atoms with van der Waals surface area (Å²) in [5.74, 6) is 5.59. The lowest BCUT2D eigenvalue weighted by atomic mass is 10.3. The van der Waals surface area contributed by atoms with E-state index in [2.05, 4.69) is 15.4 Å². The van der Waals surface area contributed by atoms with Crippen molar-refractivity contribution in [2.45, 2.75) is 6.92 Å². The van der Waals surface area contributed by atoms with Gasteiger partial charge in [-0.1, -0.05) is 17.7 Å². The van der Waals surface area contributed by atoms with E-state index in [-0.39, 0.29) is 16.7 Å². The van der Waals surface area contributed by atoms with Crippen LogP contribution in [0.1, 0.15) is 5.82 Å². The predicted octanol–water partition coefficient (Wildman–Crippen LogP) is 2.66.